The van der Waals surface area contributed by atoms with E-state index in [1.54, 1.807) is 36.6 Å². The fourth-order valence-corrected chi connectivity index (χ4v) is 3.45. The van der Waals surface area contributed by atoms with Gasteiger partial charge in [0, 0.05) is 15.4 Å². The Morgan fingerprint density at radius 1 is 1.35 bits per heavy atom. The Hall–Kier alpha value is -0.420. The molecule has 2 aromatic rings. The van der Waals surface area contributed by atoms with Gasteiger partial charge < -0.3 is 5.32 Å². The average molecular weight is 335 g/mol. The predicted molar refractivity (Wildman–Crippen MR) is 74.3 cm³/mol. The van der Waals surface area contributed by atoms with Crippen LogP contribution in [-0.2, 0) is 0 Å². The summed E-state index contributed by atoms with van der Waals surface area (Å²) in [5.41, 5.74) is 1.57. The van der Waals surface area contributed by atoms with Gasteiger partial charge in [-0.3, -0.25) is 0 Å². The standard InChI is InChI=1S/C12H10BrClFNS/c1-16-12(8-5-17-6-9(8)13)7-3-2-4-10(14)11(7)15/h2-6,12,16H,1H3. The molecule has 90 valence electrons. The molecule has 1 N–H and O–H groups in total. The molecule has 0 saturated heterocycles. The zero-order valence-corrected chi connectivity index (χ0v) is 12.2. The second-order valence-corrected chi connectivity index (χ2v) is 5.54. The molecule has 17 heavy (non-hydrogen) atoms. The SMILES string of the molecule is CNC(c1cscc1Br)c1cccc(Cl)c1F. The van der Waals surface area contributed by atoms with E-state index in [0.717, 1.165) is 10.0 Å². The Bertz CT molecular complexity index is 529. The molecule has 0 bridgehead atoms. The molecule has 0 aliphatic rings. The molecule has 0 radical (unpaired) electrons. The van der Waals surface area contributed by atoms with Crippen LogP contribution in [0.2, 0.25) is 5.02 Å². The van der Waals surface area contributed by atoms with Gasteiger partial charge in [0.2, 0.25) is 0 Å². The molecule has 0 aliphatic carbocycles. The monoisotopic (exact) mass is 333 g/mol. The fourth-order valence-electron chi connectivity index (χ4n) is 1.72. The first-order valence-electron chi connectivity index (χ1n) is 4.98. The van der Waals surface area contributed by atoms with Crippen LogP contribution in [0.15, 0.2) is 33.4 Å². The second kappa shape index (κ2) is 5.48. The van der Waals surface area contributed by atoms with Crippen LogP contribution in [0.3, 0.4) is 0 Å². The molecule has 1 nitrogen and oxygen atoms in total. The molecule has 0 amide bonds. The van der Waals surface area contributed by atoms with Crippen LogP contribution in [0.5, 0.6) is 0 Å². The molecule has 5 heteroatoms. The molecule has 0 fully saturated rings. The molecule has 0 saturated carbocycles. The van der Waals surface area contributed by atoms with Crippen molar-refractivity contribution in [1.82, 2.24) is 5.32 Å². The molecule has 2 rings (SSSR count). The third-order valence-corrected chi connectivity index (χ3v) is 4.58. The number of benzene rings is 1. The zero-order valence-electron chi connectivity index (χ0n) is 9.01. The average Bonchev–Trinajstić information content (AvgIpc) is 2.72. The first kappa shape index (κ1) is 13.0. The highest BCUT2D eigenvalue weighted by Gasteiger charge is 2.20. The smallest absolute Gasteiger partial charge is 0.146 e. The van der Waals surface area contributed by atoms with Crippen LogP contribution in [0.4, 0.5) is 4.39 Å². The van der Waals surface area contributed by atoms with Crippen molar-refractivity contribution in [2.45, 2.75) is 6.04 Å². The van der Waals surface area contributed by atoms with Gasteiger partial charge in [0.1, 0.15) is 5.82 Å². The van der Waals surface area contributed by atoms with E-state index in [2.05, 4.69) is 21.2 Å². The van der Waals surface area contributed by atoms with Crippen molar-refractivity contribution in [2.75, 3.05) is 7.05 Å². The third kappa shape index (κ3) is 2.55. The van der Waals surface area contributed by atoms with Crippen LogP contribution in [-0.4, -0.2) is 7.05 Å². The van der Waals surface area contributed by atoms with Crippen molar-refractivity contribution in [1.29, 1.82) is 0 Å². The summed E-state index contributed by atoms with van der Waals surface area (Å²) in [5, 5.41) is 7.22. The Labute approximate surface area is 117 Å². The summed E-state index contributed by atoms with van der Waals surface area (Å²) >= 11 is 10.8. The highest BCUT2D eigenvalue weighted by atomic mass is 79.9. The highest BCUT2D eigenvalue weighted by Crippen LogP contribution is 2.33. The molecule has 0 spiro atoms. The molecule has 1 atom stereocenters. The highest BCUT2D eigenvalue weighted by molar-refractivity contribution is 9.10. The molecule has 1 aromatic carbocycles. The lowest BCUT2D eigenvalue weighted by Gasteiger charge is -2.17. The quantitative estimate of drug-likeness (QED) is 0.864. The predicted octanol–water partition coefficient (Wildman–Crippen LogP) is 4.61. The van der Waals surface area contributed by atoms with E-state index in [-0.39, 0.29) is 16.9 Å². The first-order valence-corrected chi connectivity index (χ1v) is 7.09. The minimum absolute atomic E-state index is 0.147. The van der Waals surface area contributed by atoms with E-state index in [1.807, 2.05) is 10.8 Å². The van der Waals surface area contributed by atoms with Crippen molar-refractivity contribution in [2.24, 2.45) is 0 Å². The lowest BCUT2D eigenvalue weighted by molar-refractivity contribution is 0.576. The normalized spacial score (nSPS) is 12.7. The van der Waals surface area contributed by atoms with Crippen LogP contribution >= 0.6 is 38.9 Å². The molecule has 1 heterocycles. The Kier molecular flexibility index (Phi) is 4.20. The number of hydrogen-bond acceptors (Lipinski definition) is 2. The van der Waals surface area contributed by atoms with Gasteiger partial charge in [0.15, 0.2) is 0 Å². The number of halogens is 3. The molecule has 0 aliphatic heterocycles. The fraction of sp³-hybridized carbons (Fsp3) is 0.167. The minimum atomic E-state index is -0.369. The zero-order chi connectivity index (χ0) is 12.4. The van der Waals surface area contributed by atoms with Crippen molar-refractivity contribution in [3.8, 4) is 0 Å². The Balaban J connectivity index is 2.50. The lowest BCUT2D eigenvalue weighted by atomic mass is 10.0. The van der Waals surface area contributed by atoms with E-state index in [9.17, 15) is 4.39 Å². The lowest BCUT2D eigenvalue weighted by Crippen LogP contribution is -2.18. The second-order valence-electron chi connectivity index (χ2n) is 3.54. The van der Waals surface area contributed by atoms with Gasteiger partial charge in [0.25, 0.3) is 0 Å². The van der Waals surface area contributed by atoms with E-state index < -0.39 is 0 Å². The van der Waals surface area contributed by atoms with Crippen molar-refractivity contribution in [3.05, 3.63) is 55.4 Å². The maximum Gasteiger partial charge on any atom is 0.146 e. The number of nitrogens with one attached hydrogen (secondary N) is 1. The Morgan fingerprint density at radius 2 is 2.12 bits per heavy atom. The molecular weight excluding hydrogens is 325 g/mol. The van der Waals surface area contributed by atoms with Crippen LogP contribution < -0.4 is 5.32 Å². The van der Waals surface area contributed by atoms with Gasteiger partial charge in [-0.05, 0) is 40.0 Å². The van der Waals surface area contributed by atoms with Crippen molar-refractivity contribution >= 4 is 38.9 Å². The van der Waals surface area contributed by atoms with Gasteiger partial charge in [0.05, 0.1) is 11.1 Å². The summed E-state index contributed by atoms with van der Waals surface area (Å²) in [6.07, 6.45) is 0. The summed E-state index contributed by atoms with van der Waals surface area (Å²) < 4.78 is 15.0. The van der Waals surface area contributed by atoms with Crippen molar-refractivity contribution < 1.29 is 4.39 Å². The van der Waals surface area contributed by atoms with Crippen LogP contribution in [0, 0.1) is 5.82 Å². The summed E-state index contributed by atoms with van der Waals surface area (Å²) in [7, 11) is 1.80. The van der Waals surface area contributed by atoms with E-state index in [4.69, 9.17) is 11.6 Å². The summed E-state index contributed by atoms with van der Waals surface area (Å²) in [4.78, 5) is 0. The van der Waals surface area contributed by atoms with E-state index >= 15 is 0 Å². The Morgan fingerprint density at radius 3 is 2.71 bits per heavy atom. The molecular formula is C12H10BrClFNS. The maximum atomic E-state index is 14.0. The van der Waals surface area contributed by atoms with Gasteiger partial charge in [-0.15, -0.1) is 0 Å². The largest absolute Gasteiger partial charge is 0.309 e. The summed E-state index contributed by atoms with van der Waals surface area (Å²) in [6.45, 7) is 0. The first-order chi connectivity index (χ1) is 8.15. The maximum absolute atomic E-state index is 14.0. The van der Waals surface area contributed by atoms with Gasteiger partial charge in [-0.1, -0.05) is 23.7 Å². The van der Waals surface area contributed by atoms with Crippen molar-refractivity contribution in [3.63, 3.8) is 0 Å². The van der Waals surface area contributed by atoms with Crippen LogP contribution in [0.1, 0.15) is 17.2 Å². The van der Waals surface area contributed by atoms with Gasteiger partial charge in [-0.2, -0.15) is 11.3 Å². The minimum Gasteiger partial charge on any atom is -0.309 e. The van der Waals surface area contributed by atoms with Crippen LogP contribution in [0.25, 0.3) is 0 Å². The van der Waals surface area contributed by atoms with E-state index in [0.29, 0.717) is 5.56 Å². The number of rotatable bonds is 3. The molecule has 1 aromatic heterocycles. The topological polar surface area (TPSA) is 12.0 Å². The summed E-state index contributed by atoms with van der Waals surface area (Å²) in [6, 6.07) is 4.85. The van der Waals surface area contributed by atoms with Gasteiger partial charge >= 0.3 is 0 Å². The number of hydrogen-bond donors (Lipinski definition) is 1. The summed E-state index contributed by atoms with van der Waals surface area (Å²) in [5.74, 6) is -0.369. The van der Waals surface area contributed by atoms with Gasteiger partial charge in [-0.25, -0.2) is 4.39 Å². The van der Waals surface area contributed by atoms with E-state index in [1.165, 1.54) is 0 Å². The number of thiophene rings is 1. The molecule has 1 unspecified atom stereocenters. The third-order valence-electron chi connectivity index (χ3n) is 2.53.